The molecule has 0 amide bonds. The Morgan fingerprint density at radius 3 is 0.794 bits per heavy atom. The topological polar surface area (TPSA) is 237 Å². The van der Waals surface area contributed by atoms with Crippen molar-refractivity contribution in [3.05, 3.63) is 134 Å². The van der Waals surface area contributed by atoms with Gasteiger partial charge >= 0.3 is 39.5 Å². The Labute approximate surface area is 618 Å². The van der Waals surface area contributed by atoms with Gasteiger partial charge in [0.25, 0.3) is 0 Å². The first-order chi connectivity index (χ1) is 49.7. The molecule has 0 spiro atoms. The maximum Gasteiger partial charge on any atom is 0.472 e. The first-order valence-corrected chi connectivity index (χ1v) is 42.4. The summed E-state index contributed by atoms with van der Waals surface area (Å²) in [7, 11) is -9.98. The van der Waals surface area contributed by atoms with E-state index in [9.17, 15) is 43.2 Å². The minimum atomic E-state index is -4.99. The van der Waals surface area contributed by atoms with Gasteiger partial charge in [-0.1, -0.05) is 264 Å². The maximum absolute atomic E-state index is 13.1. The summed E-state index contributed by atoms with van der Waals surface area (Å²) in [5.74, 6) is -2.24. The second kappa shape index (κ2) is 74.5. The van der Waals surface area contributed by atoms with Crippen LogP contribution in [0.3, 0.4) is 0 Å². The number of hydrogen-bond donors (Lipinski definition) is 3. The Bertz CT molecular complexity index is 2460. The Balaban J connectivity index is 5.39. The molecule has 0 aliphatic carbocycles. The molecule has 0 aromatic carbocycles. The van der Waals surface area contributed by atoms with Gasteiger partial charge in [0.1, 0.15) is 19.3 Å². The van der Waals surface area contributed by atoms with Crippen molar-refractivity contribution in [2.45, 2.75) is 329 Å². The molecule has 19 heteroatoms. The van der Waals surface area contributed by atoms with Crippen molar-refractivity contribution in [2.24, 2.45) is 0 Å². The monoisotopic (exact) mass is 1470 g/mol. The fraction of sp³-hybridized carbons (Fsp3) is 0.687. The summed E-state index contributed by atoms with van der Waals surface area (Å²) < 4.78 is 68.5. The molecule has 0 fully saturated rings. The van der Waals surface area contributed by atoms with Crippen LogP contribution in [-0.4, -0.2) is 96.7 Å². The summed E-state index contributed by atoms with van der Waals surface area (Å²) in [6.07, 6.45) is 82.9. The maximum atomic E-state index is 13.1. The van der Waals surface area contributed by atoms with E-state index in [1.165, 1.54) is 25.7 Å². The highest BCUT2D eigenvalue weighted by atomic mass is 31.2. The predicted molar refractivity (Wildman–Crippen MR) is 418 cm³/mol. The van der Waals surface area contributed by atoms with Crippen LogP contribution in [0.15, 0.2) is 134 Å². The quantitative estimate of drug-likeness (QED) is 0.0169. The van der Waals surface area contributed by atoms with Crippen LogP contribution in [0, 0.1) is 0 Å². The molecule has 0 aliphatic heterocycles. The molecule has 0 bridgehead atoms. The van der Waals surface area contributed by atoms with Gasteiger partial charge in [0, 0.05) is 25.7 Å². The van der Waals surface area contributed by atoms with Gasteiger partial charge in [-0.15, -0.1) is 0 Å². The zero-order valence-corrected chi connectivity index (χ0v) is 65.5. The predicted octanol–water partition coefficient (Wildman–Crippen LogP) is 22.9. The second-order valence-electron chi connectivity index (χ2n) is 25.9. The third-order valence-electron chi connectivity index (χ3n) is 16.1. The summed E-state index contributed by atoms with van der Waals surface area (Å²) >= 11 is 0. The fourth-order valence-electron chi connectivity index (χ4n) is 10.2. The number of ether oxygens (including phenoxy) is 4. The summed E-state index contributed by atoms with van der Waals surface area (Å²) in [4.78, 5) is 73.0. The summed E-state index contributed by atoms with van der Waals surface area (Å²) in [5.41, 5.74) is 0. The molecule has 0 heterocycles. The van der Waals surface area contributed by atoms with Crippen LogP contribution < -0.4 is 0 Å². The van der Waals surface area contributed by atoms with E-state index in [1.54, 1.807) is 0 Å². The van der Waals surface area contributed by atoms with Crippen molar-refractivity contribution in [2.75, 3.05) is 39.6 Å². The van der Waals surface area contributed by atoms with Gasteiger partial charge in [0.15, 0.2) is 12.2 Å². The summed E-state index contributed by atoms with van der Waals surface area (Å²) in [6.45, 7) is 4.47. The Morgan fingerprint density at radius 2 is 0.510 bits per heavy atom. The molecule has 0 saturated heterocycles. The van der Waals surface area contributed by atoms with Crippen molar-refractivity contribution >= 4 is 39.5 Å². The first kappa shape index (κ1) is 97.2. The van der Waals surface area contributed by atoms with Gasteiger partial charge in [-0.2, -0.15) is 0 Å². The number of phosphoric ester groups is 2. The van der Waals surface area contributed by atoms with Gasteiger partial charge in [-0.3, -0.25) is 37.3 Å². The van der Waals surface area contributed by atoms with Crippen LogP contribution in [0.2, 0.25) is 0 Å². The van der Waals surface area contributed by atoms with Crippen molar-refractivity contribution in [1.82, 2.24) is 0 Å². The number of aliphatic hydroxyl groups excluding tert-OH is 1. The molecular weight excluding hydrogens is 1330 g/mol. The molecule has 17 nitrogen and oxygen atoms in total. The van der Waals surface area contributed by atoms with Crippen molar-refractivity contribution in [3.63, 3.8) is 0 Å². The number of rotatable bonds is 73. The van der Waals surface area contributed by atoms with E-state index < -0.39 is 97.5 Å². The molecule has 0 aliphatic rings. The van der Waals surface area contributed by atoms with E-state index in [4.69, 9.17) is 37.0 Å². The molecule has 3 N–H and O–H groups in total. The van der Waals surface area contributed by atoms with E-state index in [1.807, 2.05) is 0 Å². The molecule has 0 aromatic rings. The lowest BCUT2D eigenvalue weighted by Gasteiger charge is -2.21. The van der Waals surface area contributed by atoms with Gasteiger partial charge in [0.05, 0.1) is 26.4 Å². The van der Waals surface area contributed by atoms with Gasteiger partial charge in [-0.25, -0.2) is 9.13 Å². The van der Waals surface area contributed by atoms with E-state index in [-0.39, 0.29) is 25.7 Å². The lowest BCUT2D eigenvalue weighted by molar-refractivity contribution is -0.161. The van der Waals surface area contributed by atoms with E-state index >= 15 is 0 Å². The van der Waals surface area contributed by atoms with Crippen molar-refractivity contribution in [3.8, 4) is 0 Å². The SMILES string of the molecule is CC/C=C\C/C=C\C/C=C\C/C=C\CCCCCCC(=O)OCC(COP(=O)(O)OCC(O)COP(=O)(O)OCC(COC(=O)CCCCCCCCC/C=C\C/C=C\C/C=C\CC)OC(=O)CCCCCCC/C=C\CCCCCC)OC(=O)CCCCCCC/C=C\C/C=C\C/C=C\CC. The molecular formula is C83H140O17P2. The number of aliphatic hydroxyl groups is 1. The smallest absolute Gasteiger partial charge is 0.462 e. The molecule has 5 atom stereocenters. The fourth-order valence-corrected chi connectivity index (χ4v) is 11.8. The minimum Gasteiger partial charge on any atom is -0.462 e. The highest BCUT2D eigenvalue weighted by Gasteiger charge is 2.30. The van der Waals surface area contributed by atoms with E-state index in [2.05, 4.69) is 161 Å². The minimum absolute atomic E-state index is 0.0665. The molecule has 584 valence electrons. The van der Waals surface area contributed by atoms with Crippen molar-refractivity contribution < 1.29 is 80.2 Å². The molecule has 0 aromatic heterocycles. The molecule has 0 radical (unpaired) electrons. The number of phosphoric acid groups is 2. The number of carbonyl (C=O) groups excluding carboxylic acids is 4. The Hall–Kier alpha value is -4.80. The van der Waals surface area contributed by atoms with Crippen molar-refractivity contribution in [1.29, 1.82) is 0 Å². The molecule has 0 rings (SSSR count). The van der Waals surface area contributed by atoms with Crippen LogP contribution in [-0.2, 0) is 65.4 Å². The number of carbonyl (C=O) groups is 4. The van der Waals surface area contributed by atoms with E-state index in [0.29, 0.717) is 25.7 Å². The summed E-state index contributed by atoms with van der Waals surface area (Å²) in [5, 5.41) is 10.6. The molecule has 5 unspecified atom stereocenters. The number of allylic oxidation sites excluding steroid dienone is 22. The average molecular weight is 1470 g/mol. The molecule has 102 heavy (non-hydrogen) atoms. The standard InChI is InChI=1S/C83H140O17P2/c1-5-9-13-17-21-25-29-33-36-38-41-44-47-51-55-59-63-67-80(85)93-73-78(99-82(87)69-65-61-57-53-49-43-32-28-24-20-16-12-8-4)75-97-101(89,90)95-71-77(84)72-96-102(91,92)98-76-79(100-83(88)70-66-62-58-54-50-46-40-35-31-27-23-19-15-11-7-3)74-94-81(86)68-64-60-56-52-48-45-42-39-37-34-30-26-22-18-14-10-6-2/h9-11,13-15,21-23,25-28,32-37,40,42,45,77-79,84H,5-8,12,16-20,24,29-31,38-39,41,43-44,46-76H2,1-4H3,(H,89,90)(H,91,92)/b13-9-,14-10-,15-11-,25-21-,26-22-,27-23-,32-28-,36-33-,37-34-,40-35-,45-42-. The largest absolute Gasteiger partial charge is 0.472 e. The lowest BCUT2D eigenvalue weighted by atomic mass is 10.1. The third-order valence-corrected chi connectivity index (χ3v) is 18.0. The number of esters is 4. The highest BCUT2D eigenvalue weighted by molar-refractivity contribution is 7.47. The van der Waals surface area contributed by atoms with Crippen LogP contribution in [0.25, 0.3) is 0 Å². The average Bonchev–Trinajstić information content (AvgIpc) is 0.939. The second-order valence-corrected chi connectivity index (χ2v) is 28.8. The Morgan fingerprint density at radius 1 is 0.284 bits per heavy atom. The number of unbranched alkanes of at least 4 members (excludes halogenated alkanes) is 25. The van der Waals surface area contributed by atoms with Gasteiger partial charge in [0.2, 0.25) is 0 Å². The third kappa shape index (κ3) is 73.5. The molecule has 0 saturated carbocycles. The lowest BCUT2D eigenvalue weighted by Crippen LogP contribution is -2.30. The van der Waals surface area contributed by atoms with Gasteiger partial charge < -0.3 is 33.8 Å². The Kier molecular flexibility index (Phi) is 71.0. The first-order valence-electron chi connectivity index (χ1n) is 39.4. The zero-order valence-electron chi connectivity index (χ0n) is 63.7. The zero-order chi connectivity index (χ0) is 74.6. The summed E-state index contributed by atoms with van der Waals surface area (Å²) in [6, 6.07) is 0. The highest BCUT2D eigenvalue weighted by Crippen LogP contribution is 2.45. The normalized spacial score (nSPS) is 14.6. The van der Waals surface area contributed by atoms with Gasteiger partial charge in [-0.05, 0) is 154 Å². The number of hydrogen-bond acceptors (Lipinski definition) is 15. The van der Waals surface area contributed by atoms with Crippen LogP contribution in [0.4, 0.5) is 0 Å². The van der Waals surface area contributed by atoms with E-state index in [0.717, 1.165) is 205 Å². The van der Waals surface area contributed by atoms with Crippen LogP contribution in [0.5, 0.6) is 0 Å². The van der Waals surface area contributed by atoms with Crippen LogP contribution >= 0.6 is 15.6 Å². The van der Waals surface area contributed by atoms with Crippen LogP contribution in [0.1, 0.15) is 310 Å².